The highest BCUT2D eigenvalue weighted by Gasteiger charge is 2.32. The molecule has 3 aliphatic rings. The lowest BCUT2D eigenvalue weighted by atomic mass is 9.99. The number of rotatable bonds is 6. The van der Waals surface area contributed by atoms with Gasteiger partial charge in [-0.1, -0.05) is 12.1 Å². The smallest absolute Gasteiger partial charge is 0.293 e. The topological polar surface area (TPSA) is 103 Å². The predicted molar refractivity (Wildman–Crippen MR) is 166 cm³/mol. The van der Waals surface area contributed by atoms with Crippen molar-refractivity contribution in [3.63, 3.8) is 0 Å². The van der Waals surface area contributed by atoms with Crippen LogP contribution in [0.25, 0.3) is 0 Å². The SMILES string of the molecule is CN1CCN(C)[C@@H](c2ccc(Nc3nc(N4CCCC(NC(=O)c5cc6c(s5)CCCC6)C4)cn(C)c3=O)cc2)C1=O. The van der Waals surface area contributed by atoms with Crippen LogP contribution in [0.5, 0.6) is 0 Å². The largest absolute Gasteiger partial charge is 0.353 e. The van der Waals surface area contributed by atoms with Crippen LogP contribution in [0.2, 0.25) is 0 Å². The zero-order valence-corrected chi connectivity index (χ0v) is 25.4. The van der Waals surface area contributed by atoms with Gasteiger partial charge in [0, 0.05) is 63.1 Å². The molecule has 0 saturated carbocycles. The van der Waals surface area contributed by atoms with Gasteiger partial charge < -0.3 is 25.0 Å². The average molecular weight is 590 g/mol. The van der Waals surface area contributed by atoms with Crippen molar-refractivity contribution in [3.8, 4) is 0 Å². The van der Waals surface area contributed by atoms with Crippen LogP contribution in [0.4, 0.5) is 17.3 Å². The number of anilines is 3. The molecule has 2 amide bonds. The standard InChI is InChI=1S/C31H39N7O3S/c1-35-15-16-36(2)30(40)27(35)20-10-12-22(13-11-20)32-28-31(41)37(3)19-26(34-28)38-14-6-8-23(18-38)33-29(39)25-17-21-7-4-5-9-24(21)42-25/h10-13,17,19,23,27H,4-9,14-16,18H2,1-3H3,(H,32,34)(H,33,39)/t23?,27-/m0/s1. The summed E-state index contributed by atoms with van der Waals surface area (Å²) in [6.07, 6.45) is 8.15. The maximum atomic E-state index is 13.1. The van der Waals surface area contributed by atoms with Crippen LogP contribution in [0, 0.1) is 0 Å². The van der Waals surface area contributed by atoms with Gasteiger partial charge in [0.25, 0.3) is 11.5 Å². The quantitative estimate of drug-likeness (QED) is 0.455. The van der Waals surface area contributed by atoms with Crippen LogP contribution in [0.3, 0.4) is 0 Å². The fraction of sp³-hybridized carbons (Fsp3) is 0.484. The molecule has 0 bridgehead atoms. The fourth-order valence-electron chi connectivity index (χ4n) is 6.21. The Hall–Kier alpha value is -3.70. The van der Waals surface area contributed by atoms with Crippen molar-refractivity contribution in [2.45, 2.75) is 50.6 Å². The Labute approximate surface area is 250 Å². The van der Waals surface area contributed by atoms with Crippen molar-refractivity contribution in [3.05, 3.63) is 67.8 Å². The zero-order chi connectivity index (χ0) is 29.4. The minimum Gasteiger partial charge on any atom is -0.353 e. The Morgan fingerprint density at radius 3 is 2.57 bits per heavy atom. The lowest BCUT2D eigenvalue weighted by Crippen LogP contribution is -2.48. The van der Waals surface area contributed by atoms with Gasteiger partial charge in [-0.2, -0.15) is 0 Å². The van der Waals surface area contributed by atoms with Gasteiger partial charge >= 0.3 is 0 Å². The number of benzene rings is 1. The van der Waals surface area contributed by atoms with E-state index in [9.17, 15) is 14.4 Å². The fourth-order valence-corrected chi connectivity index (χ4v) is 7.37. The van der Waals surface area contributed by atoms with Gasteiger partial charge in [0.05, 0.1) is 4.88 Å². The lowest BCUT2D eigenvalue weighted by molar-refractivity contribution is -0.139. The van der Waals surface area contributed by atoms with Crippen LogP contribution in [0.1, 0.15) is 57.4 Å². The second-order valence-electron chi connectivity index (χ2n) is 11.8. The van der Waals surface area contributed by atoms with Crippen LogP contribution >= 0.6 is 11.3 Å². The molecule has 6 rings (SSSR count). The molecule has 42 heavy (non-hydrogen) atoms. The number of fused-ring (bicyclic) bond motifs is 1. The number of hydrogen-bond acceptors (Lipinski definition) is 8. The van der Waals surface area contributed by atoms with E-state index in [0.29, 0.717) is 12.4 Å². The molecule has 1 unspecified atom stereocenters. The summed E-state index contributed by atoms with van der Waals surface area (Å²) >= 11 is 1.64. The number of aryl methyl sites for hydroxylation is 3. The first-order valence-corrected chi connectivity index (χ1v) is 15.7. The van der Waals surface area contributed by atoms with Crippen molar-refractivity contribution in [2.75, 3.05) is 50.5 Å². The highest BCUT2D eigenvalue weighted by Crippen LogP contribution is 2.30. The molecular weight excluding hydrogens is 550 g/mol. The number of piperazine rings is 1. The minimum absolute atomic E-state index is 0.00744. The minimum atomic E-state index is -0.315. The van der Waals surface area contributed by atoms with E-state index in [1.807, 2.05) is 38.4 Å². The number of carbonyl (C=O) groups is 2. The first-order chi connectivity index (χ1) is 20.3. The van der Waals surface area contributed by atoms with Gasteiger partial charge in [-0.25, -0.2) is 4.98 Å². The van der Waals surface area contributed by atoms with Gasteiger partial charge in [0.1, 0.15) is 11.9 Å². The van der Waals surface area contributed by atoms with E-state index in [-0.39, 0.29) is 35.3 Å². The highest BCUT2D eigenvalue weighted by atomic mass is 32.1. The second-order valence-corrected chi connectivity index (χ2v) is 12.9. The third-order valence-corrected chi connectivity index (χ3v) is 9.92. The maximum absolute atomic E-state index is 13.1. The number of amides is 2. The van der Waals surface area contributed by atoms with Crippen molar-refractivity contribution >= 4 is 40.5 Å². The van der Waals surface area contributed by atoms with E-state index in [4.69, 9.17) is 4.98 Å². The van der Waals surface area contributed by atoms with Gasteiger partial charge in [0.15, 0.2) is 5.82 Å². The Bertz CT molecular complexity index is 1510. The van der Waals surface area contributed by atoms with Crippen molar-refractivity contribution in [2.24, 2.45) is 7.05 Å². The Morgan fingerprint density at radius 1 is 1.00 bits per heavy atom. The summed E-state index contributed by atoms with van der Waals surface area (Å²) in [6, 6.07) is 9.39. The molecule has 2 aromatic heterocycles. The van der Waals surface area contributed by atoms with Gasteiger partial charge in [-0.3, -0.25) is 19.3 Å². The molecular formula is C31H39N7O3S. The molecule has 2 atom stereocenters. The van der Waals surface area contributed by atoms with E-state index in [2.05, 4.69) is 26.5 Å². The van der Waals surface area contributed by atoms with E-state index < -0.39 is 0 Å². The van der Waals surface area contributed by atoms with Crippen LogP contribution in [0.15, 0.2) is 41.3 Å². The number of piperidine rings is 1. The van der Waals surface area contributed by atoms with E-state index >= 15 is 0 Å². The molecule has 1 aliphatic carbocycles. The van der Waals surface area contributed by atoms with E-state index in [1.54, 1.807) is 34.0 Å². The highest BCUT2D eigenvalue weighted by molar-refractivity contribution is 7.14. The predicted octanol–water partition coefficient (Wildman–Crippen LogP) is 3.31. The first kappa shape index (κ1) is 28.4. The van der Waals surface area contributed by atoms with Gasteiger partial charge in [-0.15, -0.1) is 11.3 Å². The molecule has 1 aromatic carbocycles. The molecule has 4 heterocycles. The second kappa shape index (κ2) is 11.9. The third kappa shape index (κ3) is 5.80. The number of hydrogen-bond donors (Lipinski definition) is 2. The molecule has 2 fully saturated rings. The Morgan fingerprint density at radius 2 is 1.79 bits per heavy atom. The summed E-state index contributed by atoms with van der Waals surface area (Å²) in [4.78, 5) is 51.7. The molecule has 2 aliphatic heterocycles. The van der Waals surface area contributed by atoms with Crippen molar-refractivity contribution < 1.29 is 9.59 Å². The summed E-state index contributed by atoms with van der Waals surface area (Å²) in [6.45, 7) is 2.97. The monoisotopic (exact) mass is 589 g/mol. The Balaban J connectivity index is 1.14. The average Bonchev–Trinajstić information content (AvgIpc) is 3.43. The number of carbonyl (C=O) groups excluding carboxylic acids is 2. The molecule has 3 aromatic rings. The lowest BCUT2D eigenvalue weighted by Gasteiger charge is -2.37. The maximum Gasteiger partial charge on any atom is 0.293 e. The number of nitrogens with one attached hydrogen (secondary N) is 2. The number of thiophene rings is 1. The summed E-state index contributed by atoms with van der Waals surface area (Å²) < 4.78 is 1.54. The molecule has 222 valence electrons. The number of likely N-dealkylation sites (N-methyl/N-ethyl adjacent to an activating group) is 2. The zero-order valence-electron chi connectivity index (χ0n) is 24.6. The van der Waals surface area contributed by atoms with E-state index in [0.717, 1.165) is 61.4 Å². The molecule has 0 spiro atoms. The summed E-state index contributed by atoms with van der Waals surface area (Å²) in [5.74, 6) is 1.02. The van der Waals surface area contributed by atoms with E-state index in [1.165, 1.54) is 23.3 Å². The summed E-state index contributed by atoms with van der Waals surface area (Å²) in [7, 11) is 5.53. The van der Waals surface area contributed by atoms with Gasteiger partial charge in [-0.05, 0) is 74.9 Å². The first-order valence-electron chi connectivity index (χ1n) is 14.8. The van der Waals surface area contributed by atoms with Crippen LogP contribution in [-0.4, -0.2) is 77.5 Å². The molecule has 2 saturated heterocycles. The molecule has 0 radical (unpaired) electrons. The van der Waals surface area contributed by atoms with Crippen LogP contribution < -0.4 is 21.1 Å². The molecule has 11 heteroatoms. The van der Waals surface area contributed by atoms with Gasteiger partial charge in [0.2, 0.25) is 5.91 Å². The van der Waals surface area contributed by atoms with Crippen LogP contribution in [-0.2, 0) is 24.7 Å². The van der Waals surface area contributed by atoms with Crippen molar-refractivity contribution in [1.82, 2.24) is 24.7 Å². The summed E-state index contributed by atoms with van der Waals surface area (Å²) in [5, 5.41) is 6.45. The molecule has 2 N–H and O–H groups in total. The third-order valence-electron chi connectivity index (χ3n) is 8.69. The Kier molecular flexibility index (Phi) is 8.04. The number of aromatic nitrogens is 2. The normalized spacial score (nSPS) is 21.3. The number of nitrogens with zero attached hydrogens (tertiary/aromatic N) is 5. The summed E-state index contributed by atoms with van der Waals surface area (Å²) in [5.41, 5.74) is 2.75. The van der Waals surface area contributed by atoms with Crippen molar-refractivity contribution in [1.29, 1.82) is 0 Å². The molecule has 10 nitrogen and oxygen atoms in total.